The molecule has 0 aliphatic heterocycles. The van der Waals surface area contributed by atoms with Crippen LogP contribution in [0.3, 0.4) is 0 Å². The Morgan fingerprint density at radius 2 is 1.70 bits per heavy atom. The van der Waals surface area contributed by atoms with Crippen LogP contribution in [0.5, 0.6) is 5.75 Å². The number of aromatic nitrogens is 3. The van der Waals surface area contributed by atoms with E-state index >= 15 is 4.39 Å². The van der Waals surface area contributed by atoms with E-state index in [-0.39, 0.29) is 5.56 Å². The Morgan fingerprint density at radius 1 is 0.975 bits per heavy atom. The van der Waals surface area contributed by atoms with Crippen molar-refractivity contribution in [1.29, 1.82) is 0 Å². The third-order valence-electron chi connectivity index (χ3n) is 6.64. The summed E-state index contributed by atoms with van der Waals surface area (Å²) in [6.07, 6.45) is 3.40. The highest BCUT2D eigenvalue weighted by Crippen LogP contribution is 2.43. The predicted octanol–water partition coefficient (Wildman–Crippen LogP) is 6.37. The fourth-order valence-electron chi connectivity index (χ4n) is 4.42. The highest BCUT2D eigenvalue weighted by atomic mass is 19.3. The number of ether oxygens (including phenoxy) is 2. The van der Waals surface area contributed by atoms with Crippen molar-refractivity contribution >= 4 is 16.7 Å². The molecule has 0 unspecified atom stereocenters. The molecule has 0 spiro atoms. The predicted molar refractivity (Wildman–Crippen MR) is 148 cm³/mol. The second-order valence-electron chi connectivity index (χ2n) is 10.6. The van der Waals surface area contributed by atoms with Crippen molar-refractivity contribution in [3.8, 4) is 16.9 Å². The number of aliphatic hydroxyl groups is 1. The molecular formula is C30H33F3N4O3. The molecule has 0 aliphatic carbocycles. The summed E-state index contributed by atoms with van der Waals surface area (Å²) in [6, 6.07) is 11.2. The minimum atomic E-state index is -3.82. The van der Waals surface area contributed by atoms with Crippen molar-refractivity contribution < 1.29 is 27.8 Å². The van der Waals surface area contributed by atoms with Crippen molar-refractivity contribution in [3.63, 3.8) is 0 Å². The summed E-state index contributed by atoms with van der Waals surface area (Å²) in [4.78, 5) is 13.4. The molecule has 0 amide bonds. The monoisotopic (exact) mass is 554 g/mol. The molecule has 2 heterocycles. The van der Waals surface area contributed by atoms with Gasteiger partial charge in [0.25, 0.3) is 0 Å². The summed E-state index contributed by atoms with van der Waals surface area (Å²) < 4.78 is 56.8. The summed E-state index contributed by atoms with van der Waals surface area (Å²) in [7, 11) is 1.58. The van der Waals surface area contributed by atoms with E-state index in [4.69, 9.17) is 9.47 Å². The molecule has 0 saturated carbocycles. The zero-order chi connectivity index (χ0) is 29.3. The quantitative estimate of drug-likeness (QED) is 0.220. The van der Waals surface area contributed by atoms with E-state index in [0.717, 1.165) is 31.0 Å². The van der Waals surface area contributed by atoms with E-state index in [1.165, 1.54) is 12.1 Å². The van der Waals surface area contributed by atoms with E-state index in [0.29, 0.717) is 41.5 Å². The van der Waals surface area contributed by atoms with Crippen LogP contribution in [0.15, 0.2) is 54.9 Å². The van der Waals surface area contributed by atoms with Crippen LogP contribution in [-0.2, 0) is 16.2 Å². The van der Waals surface area contributed by atoms with Crippen molar-refractivity contribution in [2.24, 2.45) is 0 Å². The minimum absolute atomic E-state index is 0.0121. The maximum absolute atomic E-state index is 15.7. The number of pyridine rings is 1. The van der Waals surface area contributed by atoms with Gasteiger partial charge >= 0.3 is 5.92 Å². The number of alkyl halides is 2. The first kappa shape index (κ1) is 29.2. The molecule has 0 saturated heterocycles. The normalized spacial score (nSPS) is 12.6. The zero-order valence-electron chi connectivity index (χ0n) is 23.3. The van der Waals surface area contributed by atoms with Crippen LogP contribution in [0.2, 0.25) is 0 Å². The fraction of sp³-hybridized carbons (Fsp3) is 0.367. The Balaban J connectivity index is 1.83. The Hall–Kier alpha value is -3.76. The van der Waals surface area contributed by atoms with Crippen molar-refractivity contribution in [1.82, 2.24) is 15.0 Å². The van der Waals surface area contributed by atoms with Crippen LogP contribution < -0.4 is 10.1 Å². The van der Waals surface area contributed by atoms with Gasteiger partial charge in [0.15, 0.2) is 0 Å². The number of nitrogens with one attached hydrogen (secondary N) is 1. The van der Waals surface area contributed by atoms with Gasteiger partial charge in [-0.15, -0.1) is 0 Å². The lowest BCUT2D eigenvalue weighted by Crippen LogP contribution is -2.41. The molecule has 0 radical (unpaired) electrons. The molecule has 2 aromatic heterocycles. The maximum Gasteiger partial charge on any atom is 0.303 e. The van der Waals surface area contributed by atoms with Gasteiger partial charge in [0, 0.05) is 41.6 Å². The zero-order valence-corrected chi connectivity index (χ0v) is 23.3. The maximum atomic E-state index is 15.7. The molecule has 10 heteroatoms. The number of nitrogens with zero attached hydrogens (tertiary/aromatic N) is 3. The van der Waals surface area contributed by atoms with Gasteiger partial charge in [-0.2, -0.15) is 8.78 Å². The second kappa shape index (κ2) is 11.0. The molecule has 4 rings (SSSR count). The smallest absolute Gasteiger partial charge is 0.303 e. The summed E-state index contributed by atoms with van der Waals surface area (Å²) >= 11 is 0. The van der Waals surface area contributed by atoms with Crippen molar-refractivity contribution in [3.05, 3.63) is 77.6 Å². The largest absolute Gasteiger partial charge is 0.491 e. The number of hydrogen-bond acceptors (Lipinski definition) is 7. The number of rotatable bonds is 10. The van der Waals surface area contributed by atoms with E-state index < -0.39 is 28.4 Å². The summed E-state index contributed by atoms with van der Waals surface area (Å²) in [5.41, 5.74) is -2.35. The van der Waals surface area contributed by atoms with Gasteiger partial charge in [-0.05, 0) is 58.9 Å². The van der Waals surface area contributed by atoms with Gasteiger partial charge in [-0.3, -0.25) is 4.98 Å². The lowest BCUT2D eigenvalue weighted by Gasteiger charge is -2.33. The Morgan fingerprint density at radius 3 is 2.35 bits per heavy atom. The lowest BCUT2D eigenvalue weighted by atomic mass is 9.87. The van der Waals surface area contributed by atoms with Gasteiger partial charge < -0.3 is 19.9 Å². The minimum Gasteiger partial charge on any atom is -0.491 e. The highest BCUT2D eigenvalue weighted by molar-refractivity contribution is 5.95. The average Bonchev–Trinajstić information content (AvgIpc) is 2.88. The fourth-order valence-corrected chi connectivity index (χ4v) is 4.42. The first-order valence-corrected chi connectivity index (χ1v) is 12.8. The molecule has 212 valence electrons. The molecule has 40 heavy (non-hydrogen) atoms. The van der Waals surface area contributed by atoms with Crippen molar-refractivity contribution in [2.75, 3.05) is 25.6 Å². The van der Waals surface area contributed by atoms with Gasteiger partial charge in [-0.25, -0.2) is 14.4 Å². The average molecular weight is 555 g/mol. The van der Waals surface area contributed by atoms with Crippen molar-refractivity contribution in [2.45, 2.75) is 51.7 Å². The number of halogens is 3. The van der Waals surface area contributed by atoms with E-state index in [9.17, 15) is 13.9 Å². The van der Waals surface area contributed by atoms with Crippen LogP contribution >= 0.6 is 0 Å². The Kier molecular flexibility index (Phi) is 8.05. The second-order valence-corrected chi connectivity index (χ2v) is 10.6. The number of hydrogen-bond donors (Lipinski definition) is 2. The van der Waals surface area contributed by atoms with E-state index in [1.807, 2.05) is 18.2 Å². The number of anilines is 1. The number of benzene rings is 2. The molecule has 2 aromatic carbocycles. The first-order chi connectivity index (χ1) is 18.8. The van der Waals surface area contributed by atoms with Crippen LogP contribution in [0.1, 0.15) is 44.6 Å². The number of methoxy groups -OCH3 is 1. The highest BCUT2D eigenvalue weighted by Gasteiger charge is 2.49. The summed E-state index contributed by atoms with van der Waals surface area (Å²) in [6.45, 7) is 7.63. The van der Waals surface area contributed by atoms with Gasteiger partial charge in [0.2, 0.25) is 0 Å². The lowest BCUT2D eigenvalue weighted by molar-refractivity contribution is -0.170. The SMILES string of the molecule is COCCOc1cc2c(NC(C)(C)c3cccc(C(F)(F)C(C)(C)O)c3F)nc(C)nc2cc1-c1cccnc1. The Bertz CT molecular complexity index is 1510. The molecular weight excluding hydrogens is 521 g/mol. The van der Waals surface area contributed by atoms with E-state index in [2.05, 4.69) is 20.3 Å². The molecule has 0 aliphatic rings. The molecule has 2 N–H and O–H groups in total. The van der Waals surface area contributed by atoms with Crippen LogP contribution in [-0.4, -0.2) is 46.0 Å². The standard InChI is InChI=1S/C30H33F3N4O3/c1-18-35-24-15-20(19-9-8-12-34-17-19)25(40-14-13-39-6)16-21(24)27(36-18)37-28(2,3)22-10-7-11-23(26(22)31)30(32,33)29(4,5)38/h7-12,15-17,38H,13-14H2,1-6H3,(H,35,36,37). The van der Waals surface area contributed by atoms with Gasteiger partial charge in [0.05, 0.1) is 23.2 Å². The third kappa shape index (κ3) is 5.73. The third-order valence-corrected chi connectivity index (χ3v) is 6.64. The van der Waals surface area contributed by atoms with Crippen LogP contribution in [0, 0.1) is 12.7 Å². The summed E-state index contributed by atoms with van der Waals surface area (Å²) in [5, 5.41) is 13.9. The summed E-state index contributed by atoms with van der Waals surface area (Å²) in [5.74, 6) is -3.55. The Labute approximate surface area is 231 Å². The molecule has 4 aromatic rings. The van der Waals surface area contributed by atoms with Gasteiger partial charge in [0.1, 0.15) is 35.4 Å². The van der Waals surface area contributed by atoms with Crippen LogP contribution in [0.4, 0.5) is 19.0 Å². The van der Waals surface area contributed by atoms with Gasteiger partial charge in [-0.1, -0.05) is 18.2 Å². The molecule has 0 atom stereocenters. The molecule has 0 bridgehead atoms. The first-order valence-electron chi connectivity index (χ1n) is 12.8. The topological polar surface area (TPSA) is 89.4 Å². The molecule has 0 fully saturated rings. The number of aryl methyl sites for hydroxylation is 1. The van der Waals surface area contributed by atoms with E-state index in [1.54, 1.807) is 46.3 Å². The van der Waals surface area contributed by atoms with Crippen LogP contribution in [0.25, 0.3) is 22.0 Å². The number of fused-ring (bicyclic) bond motifs is 1. The molecule has 7 nitrogen and oxygen atoms in total.